The molecular formula is C16H21FN2O2. The Morgan fingerprint density at radius 3 is 3.00 bits per heavy atom. The molecule has 0 saturated carbocycles. The zero-order valence-electron chi connectivity index (χ0n) is 12.3. The van der Waals surface area contributed by atoms with E-state index in [0.717, 1.165) is 25.1 Å². The predicted molar refractivity (Wildman–Crippen MR) is 77.2 cm³/mol. The summed E-state index contributed by atoms with van der Waals surface area (Å²) in [6.07, 6.45) is 0.983. The smallest absolute Gasteiger partial charge is 0.248 e. The number of rotatable bonds is 2. The van der Waals surface area contributed by atoms with Gasteiger partial charge in [-0.2, -0.15) is 0 Å². The van der Waals surface area contributed by atoms with Crippen LogP contribution in [-0.4, -0.2) is 55.1 Å². The summed E-state index contributed by atoms with van der Waals surface area (Å²) in [5, 5.41) is 0. The second-order valence-electron chi connectivity index (χ2n) is 5.96. The monoisotopic (exact) mass is 292 g/mol. The third-order valence-electron chi connectivity index (χ3n) is 4.61. The zero-order valence-corrected chi connectivity index (χ0v) is 12.3. The van der Waals surface area contributed by atoms with Crippen molar-refractivity contribution < 1.29 is 13.9 Å². The number of benzene rings is 1. The Kier molecular flexibility index (Phi) is 4.22. The van der Waals surface area contributed by atoms with Crippen LogP contribution in [0.2, 0.25) is 0 Å². The summed E-state index contributed by atoms with van der Waals surface area (Å²) >= 11 is 0. The van der Waals surface area contributed by atoms with Crippen molar-refractivity contribution in [2.45, 2.75) is 19.0 Å². The lowest BCUT2D eigenvalue weighted by Crippen LogP contribution is -2.52. The van der Waals surface area contributed by atoms with E-state index in [0.29, 0.717) is 19.1 Å². The van der Waals surface area contributed by atoms with Crippen molar-refractivity contribution in [2.75, 3.05) is 33.4 Å². The fourth-order valence-corrected chi connectivity index (χ4v) is 3.27. The molecule has 2 fully saturated rings. The van der Waals surface area contributed by atoms with Crippen LogP contribution in [-0.2, 0) is 16.1 Å². The first-order chi connectivity index (χ1) is 10.1. The van der Waals surface area contributed by atoms with Crippen LogP contribution in [0, 0.1) is 11.7 Å². The Morgan fingerprint density at radius 1 is 1.38 bits per heavy atom. The highest BCUT2D eigenvalue weighted by molar-refractivity contribution is 5.77. The van der Waals surface area contributed by atoms with Crippen molar-refractivity contribution >= 4 is 5.91 Å². The van der Waals surface area contributed by atoms with Gasteiger partial charge in [0, 0.05) is 37.7 Å². The van der Waals surface area contributed by atoms with Crippen molar-refractivity contribution in [1.82, 2.24) is 9.80 Å². The number of ether oxygens (including phenoxy) is 1. The largest absolute Gasteiger partial charge is 0.371 e. The molecule has 0 radical (unpaired) electrons. The van der Waals surface area contributed by atoms with Gasteiger partial charge in [0.2, 0.25) is 5.91 Å². The first kappa shape index (κ1) is 14.5. The molecule has 2 aliphatic rings. The molecule has 5 heteroatoms. The van der Waals surface area contributed by atoms with E-state index in [9.17, 15) is 9.18 Å². The number of carbonyl (C=O) groups is 1. The van der Waals surface area contributed by atoms with E-state index >= 15 is 0 Å². The molecule has 2 saturated heterocycles. The molecule has 1 aromatic carbocycles. The molecule has 4 nitrogen and oxygen atoms in total. The molecule has 114 valence electrons. The third kappa shape index (κ3) is 3.09. The van der Waals surface area contributed by atoms with Gasteiger partial charge in [-0.25, -0.2) is 4.39 Å². The first-order valence-electron chi connectivity index (χ1n) is 7.44. The second-order valence-corrected chi connectivity index (χ2v) is 5.96. The molecule has 0 unspecified atom stereocenters. The summed E-state index contributed by atoms with van der Waals surface area (Å²) in [7, 11) is 1.85. The summed E-state index contributed by atoms with van der Waals surface area (Å²) < 4.78 is 19.2. The van der Waals surface area contributed by atoms with E-state index in [1.54, 1.807) is 6.07 Å². The van der Waals surface area contributed by atoms with Crippen LogP contribution in [0.4, 0.5) is 4.39 Å². The number of hydrogen-bond donors (Lipinski definition) is 0. The molecule has 21 heavy (non-hydrogen) atoms. The van der Waals surface area contributed by atoms with Gasteiger partial charge in [0.15, 0.2) is 0 Å². The van der Waals surface area contributed by atoms with Crippen molar-refractivity contribution in [2.24, 2.45) is 5.92 Å². The molecule has 2 heterocycles. The number of amides is 1. The summed E-state index contributed by atoms with van der Waals surface area (Å²) in [5.74, 6) is 0.266. The predicted octanol–water partition coefficient (Wildman–Crippen LogP) is 1.50. The van der Waals surface area contributed by atoms with Crippen molar-refractivity contribution in [3.63, 3.8) is 0 Å². The standard InChI is InChI=1S/C16H21FN2O2/c1-18-15-9-19(8-12-4-2-3-5-14(12)17)7-6-13(15)10-21-11-16(18)20/h2-5,13,15H,6-11H2,1H3/t13-,15-/m0/s1. The number of halogens is 1. The highest BCUT2D eigenvalue weighted by atomic mass is 19.1. The zero-order chi connectivity index (χ0) is 14.8. The van der Waals surface area contributed by atoms with E-state index in [2.05, 4.69) is 4.90 Å². The third-order valence-corrected chi connectivity index (χ3v) is 4.61. The average molecular weight is 292 g/mol. The Bertz CT molecular complexity index is 523. The van der Waals surface area contributed by atoms with E-state index in [1.165, 1.54) is 6.07 Å². The molecule has 1 amide bonds. The van der Waals surface area contributed by atoms with E-state index in [1.807, 2.05) is 24.1 Å². The maximum absolute atomic E-state index is 13.8. The van der Waals surface area contributed by atoms with Gasteiger partial charge in [0.25, 0.3) is 0 Å². The normalized spacial score (nSPS) is 27.3. The topological polar surface area (TPSA) is 32.8 Å². The van der Waals surface area contributed by atoms with E-state index < -0.39 is 0 Å². The van der Waals surface area contributed by atoms with Crippen LogP contribution in [0.3, 0.4) is 0 Å². The molecule has 0 spiro atoms. The molecule has 2 atom stereocenters. The molecule has 0 aromatic heterocycles. The van der Waals surface area contributed by atoms with Gasteiger partial charge < -0.3 is 9.64 Å². The maximum Gasteiger partial charge on any atom is 0.248 e. The van der Waals surface area contributed by atoms with Crippen LogP contribution in [0.15, 0.2) is 24.3 Å². The van der Waals surface area contributed by atoms with Crippen LogP contribution in [0.25, 0.3) is 0 Å². The Balaban J connectivity index is 1.70. The summed E-state index contributed by atoms with van der Waals surface area (Å²) in [6.45, 7) is 3.12. The maximum atomic E-state index is 13.8. The number of likely N-dealkylation sites (N-methyl/N-ethyl adjacent to an activating group) is 1. The minimum atomic E-state index is -0.159. The average Bonchev–Trinajstić information content (AvgIpc) is 2.62. The first-order valence-corrected chi connectivity index (χ1v) is 7.44. The molecule has 3 rings (SSSR count). The van der Waals surface area contributed by atoms with Gasteiger partial charge in [-0.15, -0.1) is 0 Å². The fourth-order valence-electron chi connectivity index (χ4n) is 3.27. The number of piperidine rings is 1. The lowest BCUT2D eigenvalue weighted by atomic mass is 9.91. The van der Waals surface area contributed by atoms with Gasteiger partial charge in [-0.1, -0.05) is 18.2 Å². The minimum absolute atomic E-state index is 0.0373. The van der Waals surface area contributed by atoms with Gasteiger partial charge in [-0.3, -0.25) is 9.69 Å². The van der Waals surface area contributed by atoms with Crippen molar-refractivity contribution in [1.29, 1.82) is 0 Å². The number of nitrogens with zero attached hydrogens (tertiary/aromatic N) is 2. The number of hydrogen-bond acceptors (Lipinski definition) is 3. The van der Waals surface area contributed by atoms with Crippen LogP contribution >= 0.6 is 0 Å². The second kappa shape index (κ2) is 6.12. The minimum Gasteiger partial charge on any atom is -0.371 e. The number of likely N-dealkylation sites (tertiary alicyclic amines) is 1. The highest BCUT2D eigenvalue weighted by Crippen LogP contribution is 2.25. The van der Waals surface area contributed by atoms with E-state index in [4.69, 9.17) is 4.74 Å². The molecule has 0 N–H and O–H groups in total. The van der Waals surface area contributed by atoms with Crippen molar-refractivity contribution in [3.05, 3.63) is 35.6 Å². The summed E-state index contributed by atoms with van der Waals surface area (Å²) in [4.78, 5) is 16.0. The Labute approximate surface area is 124 Å². The van der Waals surface area contributed by atoms with Crippen LogP contribution in [0.5, 0.6) is 0 Å². The Hall–Kier alpha value is -1.46. The van der Waals surface area contributed by atoms with Crippen LogP contribution in [0.1, 0.15) is 12.0 Å². The summed E-state index contributed by atoms with van der Waals surface area (Å²) in [5.41, 5.74) is 0.717. The molecule has 2 aliphatic heterocycles. The quantitative estimate of drug-likeness (QED) is 0.828. The SMILES string of the molecule is CN1C(=O)COC[C@@H]2CCN(Cc3ccccc3F)C[C@@H]21. The molecular weight excluding hydrogens is 271 g/mol. The molecule has 0 bridgehead atoms. The van der Waals surface area contributed by atoms with Gasteiger partial charge in [0.1, 0.15) is 12.4 Å². The molecule has 0 aliphatic carbocycles. The van der Waals surface area contributed by atoms with Gasteiger partial charge >= 0.3 is 0 Å². The van der Waals surface area contributed by atoms with Gasteiger partial charge in [-0.05, 0) is 19.0 Å². The van der Waals surface area contributed by atoms with Crippen LogP contribution < -0.4 is 0 Å². The number of fused-ring (bicyclic) bond motifs is 1. The van der Waals surface area contributed by atoms with E-state index in [-0.39, 0.29) is 24.4 Å². The highest BCUT2D eigenvalue weighted by Gasteiger charge is 2.36. The summed E-state index contributed by atoms with van der Waals surface area (Å²) in [6, 6.07) is 7.06. The lowest BCUT2D eigenvalue weighted by molar-refractivity contribution is -0.134. The Morgan fingerprint density at radius 2 is 2.19 bits per heavy atom. The fraction of sp³-hybridized carbons (Fsp3) is 0.562. The van der Waals surface area contributed by atoms with Crippen molar-refractivity contribution in [3.8, 4) is 0 Å². The molecule has 1 aromatic rings. The number of carbonyl (C=O) groups excluding carboxylic acids is 1. The lowest BCUT2D eigenvalue weighted by Gasteiger charge is -2.41. The van der Waals surface area contributed by atoms with Gasteiger partial charge in [0.05, 0.1) is 6.61 Å².